The number of carbonyl (C=O) groups excluding carboxylic acids is 1. The van der Waals surface area contributed by atoms with Gasteiger partial charge < -0.3 is 19.4 Å². The van der Waals surface area contributed by atoms with Crippen molar-refractivity contribution in [1.29, 1.82) is 0 Å². The SMILES string of the molecule is COc1cccc(C(=O)NCC(c2cccn2C)N2CCOCC2)c1. The quantitative estimate of drug-likeness (QED) is 0.870. The van der Waals surface area contributed by atoms with Crippen LogP contribution in [0.25, 0.3) is 0 Å². The van der Waals surface area contributed by atoms with Gasteiger partial charge in [-0.1, -0.05) is 6.07 Å². The van der Waals surface area contributed by atoms with E-state index in [9.17, 15) is 4.79 Å². The van der Waals surface area contributed by atoms with Crippen LogP contribution in [-0.4, -0.2) is 55.3 Å². The highest BCUT2D eigenvalue weighted by molar-refractivity contribution is 5.94. The number of methoxy groups -OCH3 is 1. The van der Waals surface area contributed by atoms with Crippen molar-refractivity contribution in [2.75, 3.05) is 40.0 Å². The molecule has 1 amide bonds. The molecule has 1 aromatic heterocycles. The van der Waals surface area contributed by atoms with Gasteiger partial charge in [0, 0.05) is 44.1 Å². The molecule has 1 aliphatic heterocycles. The number of carbonyl (C=O) groups is 1. The molecule has 1 unspecified atom stereocenters. The summed E-state index contributed by atoms with van der Waals surface area (Å²) in [6.45, 7) is 3.74. The number of benzene rings is 1. The number of nitrogens with one attached hydrogen (secondary N) is 1. The van der Waals surface area contributed by atoms with E-state index in [0.717, 1.165) is 26.3 Å². The summed E-state index contributed by atoms with van der Waals surface area (Å²) >= 11 is 0. The molecule has 2 aromatic rings. The van der Waals surface area contributed by atoms with E-state index in [0.29, 0.717) is 17.9 Å². The minimum Gasteiger partial charge on any atom is -0.497 e. The fourth-order valence-corrected chi connectivity index (χ4v) is 3.19. The Hall–Kier alpha value is -2.31. The standard InChI is InChI=1S/C19H25N3O3/c1-21-8-4-7-17(21)18(22-9-11-25-12-10-22)14-20-19(23)15-5-3-6-16(13-15)24-2/h3-8,13,18H,9-12,14H2,1-2H3,(H,20,23). The van der Waals surface area contributed by atoms with Gasteiger partial charge in [-0.05, 0) is 30.3 Å². The Morgan fingerprint density at radius 3 is 2.76 bits per heavy atom. The maximum atomic E-state index is 12.5. The van der Waals surface area contributed by atoms with Gasteiger partial charge in [-0.25, -0.2) is 0 Å². The van der Waals surface area contributed by atoms with Crippen molar-refractivity contribution in [3.63, 3.8) is 0 Å². The highest BCUT2D eigenvalue weighted by Gasteiger charge is 2.25. The zero-order chi connectivity index (χ0) is 17.6. The summed E-state index contributed by atoms with van der Waals surface area (Å²) in [7, 11) is 3.63. The fraction of sp³-hybridized carbons (Fsp3) is 0.421. The molecular formula is C19H25N3O3. The van der Waals surface area contributed by atoms with E-state index in [1.807, 2.05) is 31.4 Å². The number of hydrogen-bond acceptors (Lipinski definition) is 4. The van der Waals surface area contributed by atoms with E-state index < -0.39 is 0 Å². The van der Waals surface area contributed by atoms with Crippen LogP contribution >= 0.6 is 0 Å². The molecule has 0 spiro atoms. The minimum atomic E-state index is -0.0913. The van der Waals surface area contributed by atoms with E-state index in [1.54, 1.807) is 19.2 Å². The molecule has 1 aliphatic rings. The molecule has 1 atom stereocenters. The monoisotopic (exact) mass is 343 g/mol. The van der Waals surface area contributed by atoms with Gasteiger partial charge in [-0.3, -0.25) is 9.69 Å². The first-order valence-electron chi connectivity index (χ1n) is 8.54. The van der Waals surface area contributed by atoms with Crippen molar-refractivity contribution in [3.05, 3.63) is 53.9 Å². The van der Waals surface area contributed by atoms with Crippen LogP contribution in [0.15, 0.2) is 42.6 Å². The molecule has 1 N–H and O–H groups in total. The van der Waals surface area contributed by atoms with Crippen molar-refractivity contribution in [2.24, 2.45) is 7.05 Å². The van der Waals surface area contributed by atoms with Gasteiger partial charge in [0.05, 0.1) is 26.4 Å². The highest BCUT2D eigenvalue weighted by atomic mass is 16.5. The van der Waals surface area contributed by atoms with Gasteiger partial charge in [0.1, 0.15) is 5.75 Å². The normalized spacial score (nSPS) is 16.4. The van der Waals surface area contributed by atoms with Gasteiger partial charge in [0.25, 0.3) is 5.91 Å². The Morgan fingerprint density at radius 1 is 1.28 bits per heavy atom. The number of aromatic nitrogens is 1. The van der Waals surface area contributed by atoms with Gasteiger partial charge in [-0.15, -0.1) is 0 Å². The molecule has 2 heterocycles. The second kappa shape index (κ2) is 8.18. The fourth-order valence-electron chi connectivity index (χ4n) is 3.19. The lowest BCUT2D eigenvalue weighted by atomic mass is 10.1. The van der Waals surface area contributed by atoms with Crippen LogP contribution in [0.1, 0.15) is 22.1 Å². The van der Waals surface area contributed by atoms with Crippen LogP contribution in [0, 0.1) is 0 Å². The summed E-state index contributed by atoms with van der Waals surface area (Å²) in [5.74, 6) is 0.589. The molecule has 6 nitrogen and oxygen atoms in total. The second-order valence-corrected chi connectivity index (χ2v) is 6.15. The van der Waals surface area contributed by atoms with Gasteiger partial charge in [0.15, 0.2) is 0 Å². The number of nitrogens with zero attached hydrogens (tertiary/aromatic N) is 2. The highest BCUT2D eigenvalue weighted by Crippen LogP contribution is 2.21. The van der Waals surface area contributed by atoms with Gasteiger partial charge >= 0.3 is 0 Å². The van der Waals surface area contributed by atoms with Crippen molar-refractivity contribution in [2.45, 2.75) is 6.04 Å². The van der Waals surface area contributed by atoms with Crippen LogP contribution in [0.3, 0.4) is 0 Å². The summed E-state index contributed by atoms with van der Waals surface area (Å²) < 4.78 is 12.8. The summed E-state index contributed by atoms with van der Waals surface area (Å²) in [5, 5.41) is 3.07. The van der Waals surface area contributed by atoms with Crippen LogP contribution in [0.2, 0.25) is 0 Å². The topological polar surface area (TPSA) is 55.7 Å². The first kappa shape index (κ1) is 17.5. The van der Waals surface area contributed by atoms with Gasteiger partial charge in [0.2, 0.25) is 0 Å². The molecular weight excluding hydrogens is 318 g/mol. The molecule has 0 saturated carbocycles. The Kier molecular flexibility index (Phi) is 5.73. The smallest absolute Gasteiger partial charge is 0.251 e. The average Bonchev–Trinajstić information content (AvgIpc) is 3.08. The Balaban J connectivity index is 1.71. The van der Waals surface area contributed by atoms with Crippen LogP contribution in [0.4, 0.5) is 0 Å². The van der Waals surface area contributed by atoms with E-state index >= 15 is 0 Å². The number of amides is 1. The summed E-state index contributed by atoms with van der Waals surface area (Å²) in [4.78, 5) is 14.9. The maximum Gasteiger partial charge on any atom is 0.251 e. The van der Waals surface area contributed by atoms with Crippen LogP contribution in [-0.2, 0) is 11.8 Å². The Morgan fingerprint density at radius 2 is 2.08 bits per heavy atom. The summed E-state index contributed by atoms with van der Waals surface area (Å²) in [5.41, 5.74) is 1.79. The maximum absolute atomic E-state index is 12.5. The molecule has 25 heavy (non-hydrogen) atoms. The van der Waals surface area contributed by atoms with Crippen molar-refractivity contribution < 1.29 is 14.3 Å². The lowest BCUT2D eigenvalue weighted by Gasteiger charge is -2.35. The number of ether oxygens (including phenoxy) is 2. The van der Waals surface area contributed by atoms with E-state index in [4.69, 9.17) is 9.47 Å². The van der Waals surface area contributed by atoms with Crippen molar-refractivity contribution in [3.8, 4) is 5.75 Å². The molecule has 3 rings (SSSR count). The zero-order valence-electron chi connectivity index (χ0n) is 14.8. The third-order valence-electron chi connectivity index (χ3n) is 4.60. The predicted octanol–water partition coefficient (Wildman–Crippen LogP) is 1.84. The second-order valence-electron chi connectivity index (χ2n) is 6.15. The molecule has 134 valence electrons. The van der Waals surface area contributed by atoms with E-state index in [-0.39, 0.29) is 11.9 Å². The zero-order valence-corrected chi connectivity index (χ0v) is 14.8. The number of rotatable bonds is 6. The van der Waals surface area contributed by atoms with Crippen molar-refractivity contribution in [1.82, 2.24) is 14.8 Å². The third-order valence-corrected chi connectivity index (χ3v) is 4.60. The summed E-state index contributed by atoms with van der Waals surface area (Å²) in [6, 6.07) is 11.5. The molecule has 1 saturated heterocycles. The number of hydrogen-bond donors (Lipinski definition) is 1. The third kappa shape index (κ3) is 4.21. The molecule has 0 radical (unpaired) electrons. The first-order valence-corrected chi connectivity index (χ1v) is 8.54. The van der Waals surface area contributed by atoms with Crippen LogP contribution < -0.4 is 10.1 Å². The number of morpholine rings is 1. The average molecular weight is 343 g/mol. The molecule has 6 heteroatoms. The predicted molar refractivity (Wildman–Crippen MR) is 95.9 cm³/mol. The van der Waals surface area contributed by atoms with Crippen LogP contribution in [0.5, 0.6) is 5.75 Å². The van der Waals surface area contributed by atoms with E-state index in [2.05, 4.69) is 20.9 Å². The lowest BCUT2D eigenvalue weighted by molar-refractivity contribution is 0.0148. The largest absolute Gasteiger partial charge is 0.497 e. The molecule has 1 fully saturated rings. The Labute approximate surface area is 148 Å². The molecule has 1 aromatic carbocycles. The molecule has 0 bridgehead atoms. The van der Waals surface area contributed by atoms with E-state index in [1.165, 1.54) is 5.69 Å². The first-order chi connectivity index (χ1) is 12.2. The lowest BCUT2D eigenvalue weighted by Crippen LogP contribution is -2.44. The number of aryl methyl sites for hydroxylation is 1. The Bertz CT molecular complexity index is 707. The van der Waals surface area contributed by atoms with Crippen molar-refractivity contribution >= 4 is 5.91 Å². The summed E-state index contributed by atoms with van der Waals surface area (Å²) in [6.07, 6.45) is 2.03. The minimum absolute atomic E-state index is 0.0913. The molecule has 0 aliphatic carbocycles. The van der Waals surface area contributed by atoms with Gasteiger partial charge in [-0.2, -0.15) is 0 Å².